The van der Waals surface area contributed by atoms with Crippen LogP contribution >= 0.6 is 11.3 Å². The lowest BCUT2D eigenvalue weighted by molar-refractivity contribution is -0.144. The molecule has 11 nitrogen and oxygen atoms in total. The summed E-state index contributed by atoms with van der Waals surface area (Å²) in [5.74, 6) is -1.78. The zero-order chi connectivity index (χ0) is 30.1. The molecule has 41 heavy (non-hydrogen) atoms. The maximum Gasteiger partial charge on any atom is 0.407 e. The van der Waals surface area contributed by atoms with E-state index in [1.807, 2.05) is 64.4 Å². The highest BCUT2D eigenvalue weighted by Crippen LogP contribution is 2.30. The first-order valence-corrected chi connectivity index (χ1v) is 14.7. The number of hydrogen-bond acceptors (Lipinski definition) is 7. The van der Waals surface area contributed by atoms with Gasteiger partial charge >= 0.3 is 6.09 Å². The maximum atomic E-state index is 13.8. The van der Waals surface area contributed by atoms with Gasteiger partial charge in [-0.25, -0.2) is 9.78 Å². The number of nitrogens with zero attached hydrogens (tertiary/aromatic N) is 3. The van der Waals surface area contributed by atoms with E-state index >= 15 is 0 Å². The number of rotatable bonds is 7. The van der Waals surface area contributed by atoms with Gasteiger partial charge in [-0.15, -0.1) is 11.3 Å². The van der Waals surface area contributed by atoms with Crippen molar-refractivity contribution >= 4 is 35.2 Å². The lowest BCUT2D eigenvalue weighted by atomic mass is 9.85. The van der Waals surface area contributed by atoms with Crippen LogP contribution in [0.5, 0.6) is 0 Å². The standard InChI is InChI=1S/C29H39N5O6S/c1-16(18-6-8-19(9-7-18)23-17(2)30-15-41-23)31-26(37)22-12-21(35)14-34(22)27(38)24(29(3,4)5)32-25(36)20-10-11-33(13-20)28(39)40/h6-9,15-16,20-22,24,35H,10-14H2,1-5H3,(H,31,37)(H,32,36)(H,39,40)/t16?,20-,21-,22+,24?/m1/s1. The molecule has 0 radical (unpaired) electrons. The van der Waals surface area contributed by atoms with Gasteiger partial charge in [0.15, 0.2) is 0 Å². The number of carboxylic acid groups (broad SMARTS) is 1. The summed E-state index contributed by atoms with van der Waals surface area (Å²) in [6.45, 7) is 9.58. The van der Waals surface area contributed by atoms with Crippen LogP contribution in [0.4, 0.5) is 4.79 Å². The van der Waals surface area contributed by atoms with Crippen molar-refractivity contribution in [3.63, 3.8) is 0 Å². The normalized spacial score (nSPS) is 22.3. The van der Waals surface area contributed by atoms with E-state index in [1.165, 1.54) is 9.80 Å². The molecule has 5 atom stereocenters. The van der Waals surface area contributed by atoms with Gasteiger partial charge in [0.1, 0.15) is 12.1 Å². The molecule has 4 N–H and O–H groups in total. The minimum atomic E-state index is -1.08. The van der Waals surface area contributed by atoms with Crippen LogP contribution in [0, 0.1) is 18.3 Å². The second kappa shape index (κ2) is 12.2. The summed E-state index contributed by atoms with van der Waals surface area (Å²) < 4.78 is 0. The number of β-amino-alcohol motifs (C(OH)–C–C–N with tert-alkyl or cyclic N) is 1. The van der Waals surface area contributed by atoms with Crippen LogP contribution in [0.2, 0.25) is 0 Å². The second-order valence-corrected chi connectivity index (χ2v) is 12.9. The first-order chi connectivity index (χ1) is 19.3. The Morgan fingerprint density at radius 2 is 1.76 bits per heavy atom. The van der Waals surface area contributed by atoms with Crippen LogP contribution in [0.15, 0.2) is 29.8 Å². The van der Waals surface area contributed by atoms with Crippen LogP contribution in [0.3, 0.4) is 0 Å². The van der Waals surface area contributed by atoms with Crippen molar-refractivity contribution in [2.24, 2.45) is 11.3 Å². The summed E-state index contributed by atoms with van der Waals surface area (Å²) >= 11 is 1.57. The Morgan fingerprint density at radius 1 is 1.07 bits per heavy atom. The molecular formula is C29H39N5O6S. The van der Waals surface area contributed by atoms with Gasteiger partial charge in [-0.05, 0) is 36.8 Å². The molecule has 1 aromatic carbocycles. The second-order valence-electron chi connectivity index (χ2n) is 12.0. The van der Waals surface area contributed by atoms with Crippen molar-refractivity contribution in [2.75, 3.05) is 19.6 Å². The smallest absolute Gasteiger partial charge is 0.407 e. The van der Waals surface area contributed by atoms with E-state index in [-0.39, 0.29) is 38.0 Å². The van der Waals surface area contributed by atoms with Crippen LogP contribution in [-0.2, 0) is 14.4 Å². The Morgan fingerprint density at radius 3 is 2.32 bits per heavy atom. The molecule has 12 heteroatoms. The highest BCUT2D eigenvalue weighted by molar-refractivity contribution is 7.13. The molecule has 222 valence electrons. The predicted molar refractivity (Wildman–Crippen MR) is 154 cm³/mol. The van der Waals surface area contributed by atoms with E-state index in [1.54, 1.807) is 11.3 Å². The van der Waals surface area contributed by atoms with E-state index in [9.17, 15) is 29.4 Å². The van der Waals surface area contributed by atoms with Crippen LogP contribution in [0.25, 0.3) is 10.4 Å². The molecule has 0 bridgehead atoms. The summed E-state index contributed by atoms with van der Waals surface area (Å²) in [6, 6.07) is 5.68. The Labute approximate surface area is 243 Å². The first kappa shape index (κ1) is 30.4. The average molecular weight is 586 g/mol. The fourth-order valence-corrected chi connectivity index (χ4v) is 6.24. The van der Waals surface area contributed by atoms with Gasteiger partial charge in [0.2, 0.25) is 17.7 Å². The minimum absolute atomic E-state index is 0.0210. The fraction of sp³-hybridized carbons (Fsp3) is 0.552. The number of nitrogens with one attached hydrogen (secondary N) is 2. The van der Waals surface area contributed by atoms with E-state index < -0.39 is 47.4 Å². The third kappa shape index (κ3) is 6.87. The number of carbonyl (C=O) groups excluding carboxylic acids is 3. The first-order valence-electron chi connectivity index (χ1n) is 13.8. The van der Waals surface area contributed by atoms with Gasteiger partial charge in [0, 0.05) is 26.1 Å². The Hall–Kier alpha value is -3.51. The monoisotopic (exact) mass is 585 g/mol. The van der Waals surface area contributed by atoms with Crippen molar-refractivity contribution < 1.29 is 29.4 Å². The quantitative estimate of drug-likeness (QED) is 0.390. The number of amides is 4. The lowest BCUT2D eigenvalue weighted by Gasteiger charge is -2.36. The van der Waals surface area contributed by atoms with Gasteiger partial charge < -0.3 is 30.6 Å². The molecule has 1 aromatic heterocycles. The van der Waals surface area contributed by atoms with Crippen molar-refractivity contribution in [2.45, 2.75) is 71.7 Å². The summed E-state index contributed by atoms with van der Waals surface area (Å²) in [7, 11) is 0. The molecule has 0 aliphatic carbocycles. The summed E-state index contributed by atoms with van der Waals surface area (Å²) in [5, 5.41) is 25.5. The van der Waals surface area contributed by atoms with Gasteiger partial charge in [0.05, 0.1) is 34.1 Å². The van der Waals surface area contributed by atoms with E-state index in [2.05, 4.69) is 15.6 Å². The minimum Gasteiger partial charge on any atom is -0.465 e. The van der Waals surface area contributed by atoms with Crippen LogP contribution in [-0.4, -0.2) is 86.6 Å². The number of aromatic nitrogens is 1. The van der Waals surface area contributed by atoms with E-state index in [0.29, 0.717) is 6.42 Å². The number of aryl methyl sites for hydroxylation is 1. The van der Waals surface area contributed by atoms with Crippen molar-refractivity contribution in [1.82, 2.24) is 25.4 Å². The molecule has 2 aliphatic rings. The molecule has 0 spiro atoms. The topological polar surface area (TPSA) is 152 Å². The Balaban J connectivity index is 1.44. The number of aliphatic hydroxyl groups is 1. The Kier molecular flexibility index (Phi) is 9.03. The molecule has 2 unspecified atom stereocenters. The predicted octanol–water partition coefficient (Wildman–Crippen LogP) is 2.79. The summed E-state index contributed by atoms with van der Waals surface area (Å²) in [5.41, 5.74) is 4.02. The molecule has 0 saturated carbocycles. The third-order valence-corrected chi connectivity index (χ3v) is 8.85. The largest absolute Gasteiger partial charge is 0.465 e. The van der Waals surface area contributed by atoms with Gasteiger partial charge in [-0.2, -0.15) is 0 Å². The van der Waals surface area contributed by atoms with E-state index in [0.717, 1.165) is 21.7 Å². The van der Waals surface area contributed by atoms with Crippen molar-refractivity contribution in [3.8, 4) is 10.4 Å². The summed E-state index contributed by atoms with van der Waals surface area (Å²) in [4.78, 5) is 59.5. The number of carbonyl (C=O) groups is 4. The SMILES string of the molecule is Cc1ncsc1-c1ccc(C(C)NC(=O)[C@@H]2C[C@@H](O)CN2C(=O)C(NC(=O)[C@@H]2CCN(C(=O)O)C2)C(C)(C)C)cc1. The zero-order valence-corrected chi connectivity index (χ0v) is 24.9. The molecular weight excluding hydrogens is 546 g/mol. The molecule has 4 rings (SSSR count). The van der Waals surface area contributed by atoms with E-state index in [4.69, 9.17) is 0 Å². The number of aliphatic hydroxyl groups excluding tert-OH is 1. The maximum absolute atomic E-state index is 13.8. The van der Waals surface area contributed by atoms with Crippen molar-refractivity contribution in [1.29, 1.82) is 0 Å². The average Bonchev–Trinajstić information content (AvgIpc) is 3.66. The summed E-state index contributed by atoms with van der Waals surface area (Å²) in [6.07, 6.45) is -1.49. The zero-order valence-electron chi connectivity index (χ0n) is 24.1. The molecule has 2 saturated heterocycles. The van der Waals surface area contributed by atoms with Crippen LogP contribution in [0.1, 0.15) is 57.8 Å². The molecule has 2 aromatic rings. The van der Waals surface area contributed by atoms with Crippen LogP contribution < -0.4 is 10.6 Å². The van der Waals surface area contributed by atoms with Crippen molar-refractivity contribution in [3.05, 3.63) is 41.0 Å². The lowest BCUT2D eigenvalue weighted by Crippen LogP contribution is -2.58. The number of thiazole rings is 1. The highest BCUT2D eigenvalue weighted by Gasteiger charge is 2.45. The van der Waals surface area contributed by atoms with Gasteiger partial charge in [0.25, 0.3) is 0 Å². The third-order valence-electron chi connectivity index (χ3n) is 7.87. The van der Waals surface area contributed by atoms with Gasteiger partial charge in [-0.3, -0.25) is 14.4 Å². The molecule has 3 heterocycles. The van der Waals surface area contributed by atoms with Gasteiger partial charge in [-0.1, -0.05) is 45.0 Å². The number of hydrogen-bond donors (Lipinski definition) is 4. The number of benzene rings is 1. The molecule has 2 fully saturated rings. The molecule has 2 aliphatic heterocycles. The molecule has 4 amide bonds. The fourth-order valence-electron chi connectivity index (χ4n) is 5.42. The number of likely N-dealkylation sites (tertiary alicyclic amines) is 2. The highest BCUT2D eigenvalue weighted by atomic mass is 32.1. The Bertz CT molecular complexity index is 1290.